The molecule has 1 atom stereocenters. The van der Waals surface area contributed by atoms with Gasteiger partial charge >= 0.3 is 0 Å². The van der Waals surface area contributed by atoms with Crippen molar-refractivity contribution < 1.29 is 0 Å². The molecule has 3 rings (SSSR count). The van der Waals surface area contributed by atoms with E-state index in [0.717, 1.165) is 19.3 Å². The highest BCUT2D eigenvalue weighted by molar-refractivity contribution is 7.17. The highest BCUT2D eigenvalue weighted by atomic mass is 32.1. The van der Waals surface area contributed by atoms with Gasteiger partial charge in [0.1, 0.15) is 0 Å². The Morgan fingerprint density at radius 3 is 2.80 bits per heavy atom. The van der Waals surface area contributed by atoms with E-state index in [1.807, 2.05) is 22.7 Å². The first-order chi connectivity index (χ1) is 9.83. The van der Waals surface area contributed by atoms with Crippen molar-refractivity contribution in [1.82, 2.24) is 0 Å². The van der Waals surface area contributed by atoms with Crippen molar-refractivity contribution in [3.05, 3.63) is 57.6 Å². The van der Waals surface area contributed by atoms with E-state index in [-0.39, 0.29) is 6.04 Å². The number of fused-ring (bicyclic) bond motifs is 1. The topological polar surface area (TPSA) is 26.0 Å². The van der Waals surface area contributed by atoms with E-state index in [1.165, 1.54) is 26.9 Å². The molecule has 0 saturated heterocycles. The second-order valence-corrected chi connectivity index (χ2v) is 7.14. The fourth-order valence-electron chi connectivity index (χ4n) is 2.57. The van der Waals surface area contributed by atoms with Gasteiger partial charge in [0.05, 0.1) is 0 Å². The first-order valence-corrected chi connectivity index (χ1v) is 8.82. The van der Waals surface area contributed by atoms with Crippen molar-refractivity contribution >= 4 is 32.8 Å². The molecule has 1 unspecified atom stereocenters. The van der Waals surface area contributed by atoms with Gasteiger partial charge < -0.3 is 5.73 Å². The highest BCUT2D eigenvalue weighted by Crippen LogP contribution is 2.26. The Hall–Kier alpha value is -1.16. The molecule has 0 spiro atoms. The first-order valence-electron chi connectivity index (χ1n) is 7.06. The molecule has 0 aliphatic carbocycles. The third kappa shape index (κ3) is 3.29. The normalized spacial score (nSPS) is 12.8. The van der Waals surface area contributed by atoms with E-state index in [0.29, 0.717) is 0 Å². The maximum absolute atomic E-state index is 6.30. The molecule has 0 radical (unpaired) electrons. The smallest absolute Gasteiger partial charge is 0.0345 e. The van der Waals surface area contributed by atoms with Crippen LogP contribution in [0.15, 0.2) is 47.2 Å². The molecule has 20 heavy (non-hydrogen) atoms. The van der Waals surface area contributed by atoms with Crippen LogP contribution in [0.5, 0.6) is 0 Å². The maximum atomic E-state index is 6.30. The summed E-state index contributed by atoms with van der Waals surface area (Å²) in [5.41, 5.74) is 7.71. The molecular weight excluding hydrogens is 282 g/mol. The van der Waals surface area contributed by atoms with Crippen molar-refractivity contribution in [2.45, 2.75) is 31.7 Å². The number of benzene rings is 1. The van der Waals surface area contributed by atoms with E-state index >= 15 is 0 Å². The van der Waals surface area contributed by atoms with Crippen LogP contribution >= 0.6 is 22.7 Å². The zero-order chi connectivity index (χ0) is 13.8. The lowest BCUT2D eigenvalue weighted by atomic mass is 10.0. The Labute approximate surface area is 128 Å². The number of hydrogen-bond donors (Lipinski definition) is 1. The molecule has 2 N–H and O–H groups in total. The Balaban J connectivity index is 1.54. The summed E-state index contributed by atoms with van der Waals surface area (Å²) >= 11 is 3.67. The summed E-state index contributed by atoms with van der Waals surface area (Å²) in [6, 6.07) is 13.2. The standard InChI is InChI=1S/C17H19NS2/c18-14(5-3-6-15-7-4-10-19-15)11-13-12-20-17-9-2-1-8-16(13)17/h1-2,4,7-10,12,14H,3,5-6,11,18H2. The summed E-state index contributed by atoms with van der Waals surface area (Å²) in [5, 5.41) is 5.79. The molecular formula is C17H19NS2. The minimum Gasteiger partial charge on any atom is -0.327 e. The number of thiophene rings is 2. The fraction of sp³-hybridized carbons (Fsp3) is 0.294. The van der Waals surface area contributed by atoms with E-state index < -0.39 is 0 Å². The predicted octanol–water partition coefficient (Wildman–Crippen LogP) is 4.86. The third-order valence-electron chi connectivity index (χ3n) is 3.62. The Kier molecular flexibility index (Phi) is 4.51. The molecule has 0 fully saturated rings. The van der Waals surface area contributed by atoms with Crippen molar-refractivity contribution in [2.24, 2.45) is 5.73 Å². The molecule has 0 aliphatic heterocycles. The van der Waals surface area contributed by atoms with Crippen LogP contribution in [0.4, 0.5) is 0 Å². The van der Waals surface area contributed by atoms with Crippen molar-refractivity contribution in [3.63, 3.8) is 0 Å². The van der Waals surface area contributed by atoms with Gasteiger partial charge in [-0.2, -0.15) is 0 Å². The molecule has 3 heteroatoms. The Bertz CT molecular complexity index is 655. The van der Waals surface area contributed by atoms with Crippen LogP contribution in [0, 0.1) is 0 Å². The van der Waals surface area contributed by atoms with Crippen LogP contribution in [0.2, 0.25) is 0 Å². The monoisotopic (exact) mass is 301 g/mol. The molecule has 0 aliphatic rings. The van der Waals surface area contributed by atoms with E-state index in [9.17, 15) is 0 Å². The van der Waals surface area contributed by atoms with Crippen molar-refractivity contribution in [3.8, 4) is 0 Å². The largest absolute Gasteiger partial charge is 0.327 e. The zero-order valence-corrected chi connectivity index (χ0v) is 13.1. The number of aryl methyl sites for hydroxylation is 1. The molecule has 104 valence electrons. The predicted molar refractivity (Wildman–Crippen MR) is 90.8 cm³/mol. The molecule has 2 aromatic heterocycles. The minimum absolute atomic E-state index is 0.271. The van der Waals surface area contributed by atoms with Crippen LogP contribution in [0.3, 0.4) is 0 Å². The van der Waals surface area contributed by atoms with Crippen molar-refractivity contribution in [1.29, 1.82) is 0 Å². The van der Waals surface area contributed by atoms with Crippen LogP contribution in [0.25, 0.3) is 10.1 Å². The van der Waals surface area contributed by atoms with Gasteiger partial charge in [-0.15, -0.1) is 22.7 Å². The van der Waals surface area contributed by atoms with E-state index in [2.05, 4.69) is 47.2 Å². The maximum Gasteiger partial charge on any atom is 0.0345 e. The van der Waals surface area contributed by atoms with Gasteiger partial charge in [0.2, 0.25) is 0 Å². The number of rotatable bonds is 6. The summed E-state index contributed by atoms with van der Waals surface area (Å²) in [6.07, 6.45) is 4.44. The third-order valence-corrected chi connectivity index (χ3v) is 5.57. The zero-order valence-electron chi connectivity index (χ0n) is 11.4. The van der Waals surface area contributed by atoms with Crippen LogP contribution in [0.1, 0.15) is 23.3 Å². The van der Waals surface area contributed by atoms with Crippen molar-refractivity contribution in [2.75, 3.05) is 0 Å². The molecule has 1 nitrogen and oxygen atoms in total. The Morgan fingerprint density at radius 2 is 1.95 bits per heavy atom. The molecule has 3 aromatic rings. The SMILES string of the molecule is NC(CCCc1cccs1)Cc1csc2ccccc12. The van der Waals surface area contributed by atoms with Gasteiger partial charge in [0, 0.05) is 15.6 Å². The van der Waals surface area contributed by atoms with Gasteiger partial charge in [-0.3, -0.25) is 0 Å². The summed E-state index contributed by atoms with van der Waals surface area (Å²) in [6.45, 7) is 0. The highest BCUT2D eigenvalue weighted by Gasteiger charge is 2.09. The Morgan fingerprint density at radius 1 is 1.05 bits per heavy atom. The van der Waals surface area contributed by atoms with Crippen LogP contribution < -0.4 is 5.73 Å². The quantitative estimate of drug-likeness (QED) is 0.691. The fourth-order valence-corrected chi connectivity index (χ4v) is 4.30. The average molecular weight is 301 g/mol. The second kappa shape index (κ2) is 6.53. The minimum atomic E-state index is 0.271. The number of nitrogens with two attached hydrogens (primary N) is 1. The van der Waals surface area contributed by atoms with Crippen LogP contribution in [-0.2, 0) is 12.8 Å². The summed E-state index contributed by atoms with van der Waals surface area (Å²) < 4.78 is 1.37. The summed E-state index contributed by atoms with van der Waals surface area (Å²) in [4.78, 5) is 1.47. The molecule has 1 aromatic carbocycles. The molecule has 0 saturated carbocycles. The molecule has 2 heterocycles. The number of hydrogen-bond acceptors (Lipinski definition) is 3. The lowest BCUT2D eigenvalue weighted by Gasteiger charge is -2.10. The first kappa shape index (κ1) is 13.8. The van der Waals surface area contributed by atoms with Crippen LogP contribution in [-0.4, -0.2) is 6.04 Å². The van der Waals surface area contributed by atoms with Gasteiger partial charge in [-0.1, -0.05) is 24.3 Å². The van der Waals surface area contributed by atoms with Gasteiger partial charge in [0.25, 0.3) is 0 Å². The molecule has 0 bridgehead atoms. The lowest BCUT2D eigenvalue weighted by Crippen LogP contribution is -2.22. The second-order valence-electron chi connectivity index (χ2n) is 5.19. The van der Waals surface area contributed by atoms with Gasteiger partial charge in [-0.25, -0.2) is 0 Å². The average Bonchev–Trinajstić information content (AvgIpc) is 3.09. The van der Waals surface area contributed by atoms with Gasteiger partial charge in [-0.05, 0) is 59.5 Å². The molecule has 0 amide bonds. The van der Waals surface area contributed by atoms with E-state index in [4.69, 9.17) is 5.73 Å². The summed E-state index contributed by atoms with van der Waals surface area (Å²) in [7, 11) is 0. The van der Waals surface area contributed by atoms with Gasteiger partial charge in [0.15, 0.2) is 0 Å². The summed E-state index contributed by atoms with van der Waals surface area (Å²) in [5.74, 6) is 0. The van der Waals surface area contributed by atoms with E-state index in [1.54, 1.807) is 0 Å². The lowest BCUT2D eigenvalue weighted by molar-refractivity contribution is 0.584.